The van der Waals surface area contributed by atoms with Gasteiger partial charge in [-0.1, -0.05) is 0 Å². The van der Waals surface area contributed by atoms with Crippen LogP contribution >= 0.6 is 0 Å². The number of rotatable bonds is 8. The summed E-state index contributed by atoms with van der Waals surface area (Å²) in [4.78, 5) is 23.1. The van der Waals surface area contributed by atoms with Crippen molar-refractivity contribution >= 4 is 11.7 Å². The number of ketones is 1. The average molecular weight is 330 g/mol. The quantitative estimate of drug-likeness (QED) is 0.588. The van der Waals surface area contributed by atoms with E-state index in [0.29, 0.717) is 18.2 Å². The molecular weight excluding hydrogens is 304 g/mol. The van der Waals surface area contributed by atoms with Gasteiger partial charge in [-0.15, -0.1) is 0 Å². The highest BCUT2D eigenvalue weighted by Crippen LogP contribution is 2.29. The highest BCUT2D eigenvalue weighted by Gasteiger charge is 2.33. The van der Waals surface area contributed by atoms with Crippen molar-refractivity contribution in [2.75, 3.05) is 13.2 Å². The number of carbonyl (C=O) groups excluding carboxylic acids is 2. The van der Waals surface area contributed by atoms with Gasteiger partial charge in [0.15, 0.2) is 5.78 Å². The van der Waals surface area contributed by atoms with Crippen LogP contribution in [0.2, 0.25) is 0 Å². The van der Waals surface area contributed by atoms with E-state index in [1.165, 1.54) is 0 Å². The zero-order valence-corrected chi connectivity index (χ0v) is 14.3. The molecule has 1 heterocycles. The van der Waals surface area contributed by atoms with Crippen molar-refractivity contribution in [3.8, 4) is 5.75 Å². The van der Waals surface area contributed by atoms with E-state index in [0.717, 1.165) is 50.8 Å². The Kier molecular flexibility index (Phi) is 5.51. The molecule has 2 fully saturated rings. The van der Waals surface area contributed by atoms with E-state index in [-0.39, 0.29) is 17.6 Å². The van der Waals surface area contributed by atoms with Crippen molar-refractivity contribution in [3.63, 3.8) is 0 Å². The molecule has 0 bridgehead atoms. The fraction of sp³-hybridized carbons (Fsp3) is 0.579. The molecule has 24 heavy (non-hydrogen) atoms. The number of hydrogen-bond acceptors (Lipinski definition) is 4. The summed E-state index contributed by atoms with van der Waals surface area (Å²) < 4.78 is 5.75. The van der Waals surface area contributed by atoms with Crippen molar-refractivity contribution in [1.29, 1.82) is 0 Å². The van der Waals surface area contributed by atoms with Crippen LogP contribution in [0, 0.1) is 5.92 Å². The van der Waals surface area contributed by atoms with Gasteiger partial charge in [0.2, 0.25) is 5.91 Å². The maximum Gasteiger partial charge on any atom is 0.237 e. The molecule has 130 valence electrons. The van der Waals surface area contributed by atoms with E-state index in [1.54, 1.807) is 19.1 Å². The minimum absolute atomic E-state index is 0.0659. The van der Waals surface area contributed by atoms with Crippen LogP contribution in [0.1, 0.15) is 55.8 Å². The Bertz CT molecular complexity index is 581. The Labute approximate surface area is 143 Å². The molecular formula is C19H26N2O3. The molecule has 3 rings (SSSR count). The molecule has 1 amide bonds. The molecule has 1 N–H and O–H groups in total. The molecule has 1 saturated heterocycles. The Balaban J connectivity index is 1.37. The monoisotopic (exact) mass is 330 g/mol. The predicted octanol–water partition coefficient (Wildman–Crippen LogP) is 2.95. The standard InChI is InChI=1S/C19H26N2O3/c1-14(22)15-8-10-18(11-9-15)24-13-3-5-17-4-2-12-21(17)20-19(23)16-6-7-16/h8-11,16-17H,2-7,12-13H2,1H3,(H,20,23). The molecule has 0 aromatic heterocycles. The van der Waals surface area contributed by atoms with Crippen molar-refractivity contribution in [1.82, 2.24) is 10.4 Å². The first-order valence-corrected chi connectivity index (χ1v) is 8.94. The molecule has 1 aromatic rings. The van der Waals surface area contributed by atoms with E-state index in [2.05, 4.69) is 10.4 Å². The van der Waals surface area contributed by atoms with Crippen LogP contribution in [0.5, 0.6) is 5.75 Å². The number of amides is 1. The van der Waals surface area contributed by atoms with Crippen LogP contribution in [0.15, 0.2) is 24.3 Å². The van der Waals surface area contributed by atoms with E-state index < -0.39 is 0 Å². The molecule has 1 saturated carbocycles. The van der Waals surface area contributed by atoms with Crippen LogP contribution < -0.4 is 10.2 Å². The summed E-state index contributed by atoms with van der Waals surface area (Å²) in [6, 6.07) is 7.70. The van der Waals surface area contributed by atoms with Crippen LogP contribution in [-0.4, -0.2) is 35.9 Å². The Hall–Kier alpha value is -1.88. The van der Waals surface area contributed by atoms with Gasteiger partial charge in [-0.2, -0.15) is 0 Å². The number of hydrogen-bond donors (Lipinski definition) is 1. The number of benzene rings is 1. The number of nitrogens with one attached hydrogen (secondary N) is 1. The lowest BCUT2D eigenvalue weighted by Crippen LogP contribution is -2.45. The lowest BCUT2D eigenvalue weighted by molar-refractivity contribution is -0.127. The van der Waals surface area contributed by atoms with Crippen molar-refractivity contribution in [2.24, 2.45) is 5.92 Å². The fourth-order valence-electron chi connectivity index (χ4n) is 3.16. The second kappa shape index (κ2) is 7.79. The van der Waals surface area contributed by atoms with Crippen molar-refractivity contribution in [3.05, 3.63) is 29.8 Å². The number of ether oxygens (including phenoxy) is 1. The third-order valence-electron chi connectivity index (χ3n) is 4.79. The minimum atomic E-state index is 0.0659. The molecule has 1 aliphatic heterocycles. The molecule has 1 unspecified atom stereocenters. The number of carbonyl (C=O) groups is 2. The highest BCUT2D eigenvalue weighted by atomic mass is 16.5. The number of Topliss-reactive ketones (excluding diaryl/α,β-unsaturated/α-hetero) is 1. The van der Waals surface area contributed by atoms with Crippen molar-refractivity contribution in [2.45, 2.75) is 51.5 Å². The summed E-state index contributed by atoms with van der Waals surface area (Å²) in [5.41, 5.74) is 3.79. The fourth-order valence-corrected chi connectivity index (χ4v) is 3.16. The summed E-state index contributed by atoms with van der Waals surface area (Å²) >= 11 is 0. The molecule has 1 atom stereocenters. The molecule has 5 heteroatoms. The maximum atomic E-state index is 11.9. The summed E-state index contributed by atoms with van der Waals surface area (Å²) in [7, 11) is 0. The lowest BCUT2D eigenvalue weighted by Gasteiger charge is -2.25. The largest absolute Gasteiger partial charge is 0.494 e. The highest BCUT2D eigenvalue weighted by molar-refractivity contribution is 5.94. The van der Waals surface area contributed by atoms with Gasteiger partial charge in [-0.3, -0.25) is 15.0 Å². The van der Waals surface area contributed by atoms with Crippen molar-refractivity contribution < 1.29 is 14.3 Å². The summed E-state index contributed by atoms with van der Waals surface area (Å²) in [6.45, 7) is 3.17. The van der Waals surface area contributed by atoms with Crippen LogP contribution in [0.25, 0.3) is 0 Å². The lowest BCUT2D eigenvalue weighted by atomic mass is 10.1. The van der Waals surface area contributed by atoms with Crippen LogP contribution in [0.4, 0.5) is 0 Å². The molecule has 1 aromatic carbocycles. The van der Waals surface area contributed by atoms with Crippen LogP contribution in [0.3, 0.4) is 0 Å². The average Bonchev–Trinajstić information content (AvgIpc) is 3.34. The van der Waals surface area contributed by atoms with Gasteiger partial charge in [0.05, 0.1) is 6.61 Å². The Morgan fingerprint density at radius 2 is 1.96 bits per heavy atom. The van der Waals surface area contributed by atoms with Gasteiger partial charge in [-0.25, -0.2) is 5.01 Å². The smallest absolute Gasteiger partial charge is 0.237 e. The van der Waals surface area contributed by atoms with Gasteiger partial charge < -0.3 is 4.74 Å². The number of hydrazine groups is 1. The maximum absolute atomic E-state index is 11.9. The van der Waals surface area contributed by atoms with E-state index in [4.69, 9.17) is 4.74 Å². The topological polar surface area (TPSA) is 58.6 Å². The number of nitrogens with zero attached hydrogens (tertiary/aromatic N) is 1. The van der Waals surface area contributed by atoms with Gasteiger partial charge in [0.1, 0.15) is 5.75 Å². The molecule has 0 radical (unpaired) electrons. The SMILES string of the molecule is CC(=O)c1ccc(OCCCC2CCCN2NC(=O)C2CC2)cc1. The van der Waals surface area contributed by atoms with Gasteiger partial charge in [-0.05, 0) is 69.7 Å². The molecule has 1 aliphatic carbocycles. The summed E-state index contributed by atoms with van der Waals surface area (Å²) in [6.07, 6.45) is 6.34. The van der Waals surface area contributed by atoms with E-state index in [1.807, 2.05) is 12.1 Å². The molecule has 5 nitrogen and oxygen atoms in total. The minimum Gasteiger partial charge on any atom is -0.494 e. The normalized spacial score (nSPS) is 20.8. The van der Waals surface area contributed by atoms with Gasteiger partial charge >= 0.3 is 0 Å². The third kappa shape index (κ3) is 4.57. The Morgan fingerprint density at radius 1 is 1.21 bits per heavy atom. The second-order valence-electron chi connectivity index (χ2n) is 6.81. The Morgan fingerprint density at radius 3 is 2.62 bits per heavy atom. The van der Waals surface area contributed by atoms with Gasteiger partial charge in [0, 0.05) is 24.1 Å². The van der Waals surface area contributed by atoms with Crippen LogP contribution in [-0.2, 0) is 4.79 Å². The second-order valence-corrected chi connectivity index (χ2v) is 6.81. The zero-order valence-electron chi connectivity index (χ0n) is 14.3. The predicted molar refractivity (Wildman–Crippen MR) is 91.8 cm³/mol. The molecule has 0 spiro atoms. The first-order chi connectivity index (χ1) is 11.6. The van der Waals surface area contributed by atoms with E-state index >= 15 is 0 Å². The summed E-state index contributed by atoms with van der Waals surface area (Å²) in [5.74, 6) is 1.32. The molecule has 2 aliphatic rings. The first kappa shape index (κ1) is 17.0. The van der Waals surface area contributed by atoms with Gasteiger partial charge in [0.25, 0.3) is 0 Å². The van der Waals surface area contributed by atoms with E-state index in [9.17, 15) is 9.59 Å². The summed E-state index contributed by atoms with van der Waals surface area (Å²) in [5, 5.41) is 2.13. The zero-order chi connectivity index (χ0) is 16.9. The third-order valence-corrected chi connectivity index (χ3v) is 4.79. The first-order valence-electron chi connectivity index (χ1n) is 8.94.